The monoisotopic (exact) mass is 567 g/mol. The van der Waals surface area contributed by atoms with Crippen LogP contribution < -0.4 is 21.7 Å². The predicted octanol–water partition coefficient (Wildman–Crippen LogP) is 4.71. The minimum absolute atomic E-state index is 0.282. The van der Waals surface area contributed by atoms with Crippen LogP contribution in [-0.4, -0.2) is 53.9 Å². The number of carbonyl (C=O) groups excluding carboxylic acids is 3. The van der Waals surface area contributed by atoms with E-state index in [1.165, 1.54) is 0 Å². The molecular formula is C25H38BrN5O5. The van der Waals surface area contributed by atoms with Crippen LogP contribution in [0.15, 0.2) is 34.8 Å². The Balaban J connectivity index is 0.000000414. The quantitative estimate of drug-likeness (QED) is 0.354. The summed E-state index contributed by atoms with van der Waals surface area (Å²) in [6.45, 7) is 10.7. The molecule has 0 saturated heterocycles. The molecule has 11 heteroatoms. The molecule has 2 rings (SSSR count). The fraction of sp³-hybridized carbons (Fsp3) is 0.520. The first-order valence-corrected chi connectivity index (χ1v) is 12.4. The Kier molecular flexibility index (Phi) is 11.9. The van der Waals surface area contributed by atoms with Crippen LogP contribution in [0.5, 0.6) is 0 Å². The lowest BCUT2D eigenvalue weighted by atomic mass is 10.1. The zero-order valence-corrected chi connectivity index (χ0v) is 23.6. The van der Waals surface area contributed by atoms with Crippen molar-refractivity contribution in [1.29, 1.82) is 0 Å². The molecule has 0 aliphatic carbocycles. The number of nitrogens with one attached hydrogen (secondary N) is 3. The number of alkyl carbamates (subject to hydrolysis) is 2. The topological polar surface area (TPSA) is 145 Å². The minimum atomic E-state index is -0.856. The third-order valence-corrected chi connectivity index (χ3v) is 4.78. The maximum absolute atomic E-state index is 11.6. The maximum Gasteiger partial charge on any atom is 0.408 e. The molecule has 36 heavy (non-hydrogen) atoms. The van der Waals surface area contributed by atoms with E-state index in [-0.39, 0.29) is 6.42 Å². The number of carbonyl (C=O) groups is 3. The van der Waals surface area contributed by atoms with E-state index in [9.17, 15) is 14.4 Å². The van der Waals surface area contributed by atoms with Crippen molar-refractivity contribution in [3.8, 4) is 0 Å². The standard InChI is InChI=1S/C15H29N3O5.C10H9BrN2/c1-14(2,3)22-12(20)17-9-7-8-10(11(16)19)18-13(21)23-15(4,5)6;1-12-10-5-3-7-2-4-8(11)6-9(7)13-10/h10H,7-9H2,1-6H3,(H2,16,19)(H,17,20)(H,18,21);2-6H,1H3,(H,12,13). The largest absolute Gasteiger partial charge is 0.444 e. The van der Waals surface area contributed by atoms with Gasteiger partial charge in [0.25, 0.3) is 0 Å². The van der Waals surface area contributed by atoms with Gasteiger partial charge >= 0.3 is 12.2 Å². The van der Waals surface area contributed by atoms with Crippen molar-refractivity contribution in [3.63, 3.8) is 0 Å². The van der Waals surface area contributed by atoms with Gasteiger partial charge in [0.05, 0.1) is 5.52 Å². The molecule has 0 radical (unpaired) electrons. The van der Waals surface area contributed by atoms with Gasteiger partial charge in [-0.25, -0.2) is 14.6 Å². The number of nitrogens with two attached hydrogens (primary N) is 1. The van der Waals surface area contributed by atoms with E-state index >= 15 is 0 Å². The molecule has 1 aromatic heterocycles. The second kappa shape index (κ2) is 13.9. The lowest BCUT2D eigenvalue weighted by Gasteiger charge is -2.22. The van der Waals surface area contributed by atoms with E-state index in [0.29, 0.717) is 13.0 Å². The van der Waals surface area contributed by atoms with Crippen LogP contribution in [0.25, 0.3) is 10.9 Å². The molecule has 0 spiro atoms. The number of hydrogen-bond acceptors (Lipinski definition) is 7. The Hall–Kier alpha value is -3.08. The van der Waals surface area contributed by atoms with Gasteiger partial charge in [0, 0.05) is 23.5 Å². The molecule has 0 aliphatic heterocycles. The van der Waals surface area contributed by atoms with E-state index in [0.717, 1.165) is 21.2 Å². The molecule has 0 bridgehead atoms. The average Bonchev–Trinajstić information content (AvgIpc) is 2.73. The number of anilines is 1. The summed E-state index contributed by atoms with van der Waals surface area (Å²) in [4.78, 5) is 38.9. The number of ether oxygens (including phenoxy) is 2. The number of nitrogens with zero attached hydrogens (tertiary/aromatic N) is 1. The Morgan fingerprint density at radius 3 is 2.14 bits per heavy atom. The van der Waals surface area contributed by atoms with Crippen LogP contribution in [0, 0.1) is 0 Å². The second-order valence-corrected chi connectivity index (χ2v) is 10.9. The molecule has 1 heterocycles. The summed E-state index contributed by atoms with van der Waals surface area (Å²) in [6.07, 6.45) is -0.512. The lowest BCUT2D eigenvalue weighted by molar-refractivity contribution is -0.120. The van der Waals surface area contributed by atoms with Crippen molar-refractivity contribution in [3.05, 3.63) is 34.8 Å². The first kappa shape index (κ1) is 31.0. The maximum atomic E-state index is 11.6. The number of halogens is 1. The third kappa shape index (κ3) is 13.1. The molecule has 0 saturated carbocycles. The highest BCUT2D eigenvalue weighted by atomic mass is 79.9. The Labute approximate surface area is 221 Å². The highest BCUT2D eigenvalue weighted by molar-refractivity contribution is 9.10. The van der Waals surface area contributed by atoms with Crippen molar-refractivity contribution in [2.24, 2.45) is 5.73 Å². The Morgan fingerprint density at radius 2 is 1.58 bits per heavy atom. The normalized spacial score (nSPS) is 12.0. The third-order valence-electron chi connectivity index (χ3n) is 4.28. The minimum Gasteiger partial charge on any atom is -0.444 e. The molecule has 200 valence electrons. The van der Waals surface area contributed by atoms with E-state index < -0.39 is 35.3 Å². The van der Waals surface area contributed by atoms with Crippen molar-refractivity contribution in [1.82, 2.24) is 15.6 Å². The van der Waals surface area contributed by atoms with Crippen molar-refractivity contribution in [2.75, 3.05) is 18.9 Å². The van der Waals surface area contributed by atoms with Gasteiger partial charge in [-0.15, -0.1) is 0 Å². The molecule has 0 aliphatic rings. The summed E-state index contributed by atoms with van der Waals surface area (Å²) < 4.78 is 11.2. The SMILES string of the molecule is CC(C)(C)OC(=O)NCCCC(NC(=O)OC(C)(C)C)C(N)=O.CNc1ccc2ccc(Br)cc2n1. The summed E-state index contributed by atoms with van der Waals surface area (Å²) in [6, 6.07) is 9.24. The van der Waals surface area contributed by atoms with E-state index in [4.69, 9.17) is 15.2 Å². The highest BCUT2D eigenvalue weighted by Gasteiger charge is 2.22. The fourth-order valence-electron chi connectivity index (χ4n) is 2.78. The van der Waals surface area contributed by atoms with Gasteiger partial charge in [-0.1, -0.05) is 22.0 Å². The van der Waals surface area contributed by atoms with Crippen LogP contribution in [0.3, 0.4) is 0 Å². The summed E-state index contributed by atoms with van der Waals surface area (Å²) in [5, 5.41) is 9.15. The number of amides is 3. The van der Waals surface area contributed by atoms with Crippen molar-refractivity contribution < 1.29 is 23.9 Å². The zero-order valence-electron chi connectivity index (χ0n) is 22.0. The van der Waals surface area contributed by atoms with Crippen LogP contribution in [-0.2, 0) is 14.3 Å². The van der Waals surface area contributed by atoms with Crippen LogP contribution in [0.2, 0.25) is 0 Å². The van der Waals surface area contributed by atoms with Gasteiger partial charge in [0.2, 0.25) is 5.91 Å². The van der Waals surface area contributed by atoms with Gasteiger partial charge in [-0.05, 0) is 78.6 Å². The summed E-state index contributed by atoms with van der Waals surface area (Å²) in [5.74, 6) is 0.235. The Bertz CT molecular complexity index is 1030. The molecule has 0 fully saturated rings. The van der Waals surface area contributed by atoms with Crippen molar-refractivity contribution in [2.45, 2.75) is 71.6 Å². The summed E-state index contributed by atoms with van der Waals surface area (Å²) in [7, 11) is 1.87. The number of primary amides is 1. The van der Waals surface area contributed by atoms with Crippen LogP contribution in [0.1, 0.15) is 54.4 Å². The number of benzene rings is 1. The molecule has 10 nitrogen and oxygen atoms in total. The number of fused-ring (bicyclic) bond motifs is 1. The fourth-order valence-corrected chi connectivity index (χ4v) is 3.12. The number of pyridine rings is 1. The summed E-state index contributed by atoms with van der Waals surface area (Å²) in [5.41, 5.74) is 5.02. The second-order valence-electron chi connectivity index (χ2n) is 9.96. The molecular weight excluding hydrogens is 530 g/mol. The smallest absolute Gasteiger partial charge is 0.408 e. The van der Waals surface area contributed by atoms with Gasteiger partial charge in [0.1, 0.15) is 23.1 Å². The number of aromatic nitrogens is 1. The molecule has 1 atom stereocenters. The molecule has 1 unspecified atom stereocenters. The van der Waals surface area contributed by atoms with Gasteiger partial charge in [-0.3, -0.25) is 4.79 Å². The molecule has 2 aromatic rings. The van der Waals surface area contributed by atoms with E-state index in [1.807, 2.05) is 31.3 Å². The lowest BCUT2D eigenvalue weighted by Crippen LogP contribution is -2.46. The molecule has 1 aromatic carbocycles. The van der Waals surface area contributed by atoms with Gasteiger partial charge in [0.15, 0.2) is 0 Å². The van der Waals surface area contributed by atoms with Crippen LogP contribution in [0.4, 0.5) is 15.4 Å². The number of rotatable bonds is 7. The molecule has 3 amide bonds. The molecule has 5 N–H and O–H groups in total. The summed E-state index contributed by atoms with van der Waals surface area (Å²) >= 11 is 3.42. The Morgan fingerprint density at radius 1 is 1.00 bits per heavy atom. The van der Waals surface area contributed by atoms with E-state index in [1.54, 1.807) is 41.5 Å². The number of hydrogen-bond donors (Lipinski definition) is 4. The van der Waals surface area contributed by atoms with E-state index in [2.05, 4.69) is 42.9 Å². The highest BCUT2D eigenvalue weighted by Crippen LogP contribution is 2.19. The average molecular weight is 569 g/mol. The predicted molar refractivity (Wildman–Crippen MR) is 145 cm³/mol. The first-order chi connectivity index (χ1) is 16.6. The van der Waals surface area contributed by atoms with Gasteiger partial charge in [-0.2, -0.15) is 0 Å². The zero-order chi connectivity index (χ0) is 27.5. The van der Waals surface area contributed by atoms with Crippen LogP contribution >= 0.6 is 15.9 Å². The van der Waals surface area contributed by atoms with Gasteiger partial charge < -0.3 is 31.2 Å². The van der Waals surface area contributed by atoms with Crippen molar-refractivity contribution >= 4 is 50.7 Å². The first-order valence-electron chi connectivity index (χ1n) is 11.6.